The molecule has 1 heterocycles. The Morgan fingerprint density at radius 2 is 1.88 bits per heavy atom. The Balaban J connectivity index is 1.52. The molecular weight excluding hydrogens is 320 g/mol. The highest BCUT2D eigenvalue weighted by Gasteiger charge is 2.21. The van der Waals surface area contributed by atoms with Crippen LogP contribution in [0.1, 0.15) is 17.2 Å². The number of nitrogens with one attached hydrogen (secondary N) is 2. The van der Waals surface area contributed by atoms with Crippen LogP contribution in [0.4, 0.5) is 4.79 Å². The molecule has 6 nitrogen and oxygen atoms in total. The van der Waals surface area contributed by atoms with Gasteiger partial charge in [0.15, 0.2) is 0 Å². The lowest BCUT2D eigenvalue weighted by molar-refractivity contribution is 0.0191. The van der Waals surface area contributed by atoms with Crippen LogP contribution >= 0.6 is 0 Å². The van der Waals surface area contributed by atoms with E-state index < -0.39 is 18.3 Å². The first-order chi connectivity index (χ1) is 12.1. The van der Waals surface area contributed by atoms with Crippen LogP contribution in [0.5, 0.6) is 0 Å². The Morgan fingerprint density at radius 1 is 1.08 bits per heavy atom. The molecule has 4 N–H and O–H groups in total. The summed E-state index contributed by atoms with van der Waals surface area (Å²) in [5.74, 6) is 0. The van der Waals surface area contributed by atoms with Gasteiger partial charge in [-0.15, -0.1) is 0 Å². The zero-order valence-corrected chi connectivity index (χ0v) is 13.6. The van der Waals surface area contributed by atoms with Gasteiger partial charge in [0.05, 0.1) is 5.52 Å². The first kappa shape index (κ1) is 17.0. The monoisotopic (exact) mass is 340 g/mol. The second kappa shape index (κ2) is 7.83. The van der Waals surface area contributed by atoms with Gasteiger partial charge in [0.1, 0.15) is 18.8 Å². The van der Waals surface area contributed by atoms with Crippen molar-refractivity contribution in [3.8, 4) is 0 Å². The van der Waals surface area contributed by atoms with Crippen molar-refractivity contribution in [2.75, 3.05) is 6.54 Å². The first-order valence-corrected chi connectivity index (χ1v) is 8.02. The summed E-state index contributed by atoms with van der Waals surface area (Å²) in [5.41, 5.74) is 2.21. The van der Waals surface area contributed by atoms with E-state index in [4.69, 9.17) is 4.74 Å². The third-order valence-corrected chi connectivity index (χ3v) is 3.97. The highest BCUT2D eigenvalue weighted by atomic mass is 16.5. The van der Waals surface area contributed by atoms with Crippen molar-refractivity contribution >= 4 is 17.0 Å². The summed E-state index contributed by atoms with van der Waals surface area (Å²) < 4.78 is 5.07. The van der Waals surface area contributed by atoms with E-state index in [0.29, 0.717) is 5.56 Å². The summed E-state index contributed by atoms with van der Waals surface area (Å²) in [7, 11) is 0. The molecule has 130 valence electrons. The number of hydrogen-bond donors (Lipinski definition) is 4. The van der Waals surface area contributed by atoms with Crippen LogP contribution in [0.3, 0.4) is 0 Å². The van der Waals surface area contributed by atoms with Crippen LogP contribution in [0.2, 0.25) is 0 Å². The average Bonchev–Trinajstić information content (AvgIpc) is 3.13. The number of ether oxygens (including phenoxy) is 1. The zero-order chi connectivity index (χ0) is 17.6. The summed E-state index contributed by atoms with van der Waals surface area (Å²) in [6, 6.07) is 16.6. The maximum atomic E-state index is 11.7. The lowest BCUT2D eigenvalue weighted by atomic mass is 10.0. The predicted octanol–water partition coefficient (Wildman–Crippen LogP) is 2.49. The van der Waals surface area contributed by atoms with Crippen LogP contribution in [-0.2, 0) is 11.3 Å². The van der Waals surface area contributed by atoms with Crippen molar-refractivity contribution in [1.82, 2.24) is 10.3 Å². The van der Waals surface area contributed by atoms with Gasteiger partial charge in [-0.2, -0.15) is 0 Å². The molecule has 0 saturated heterocycles. The van der Waals surface area contributed by atoms with Gasteiger partial charge in [0.2, 0.25) is 0 Å². The molecule has 6 heteroatoms. The van der Waals surface area contributed by atoms with Gasteiger partial charge < -0.3 is 25.3 Å². The van der Waals surface area contributed by atoms with Crippen molar-refractivity contribution in [1.29, 1.82) is 0 Å². The molecule has 25 heavy (non-hydrogen) atoms. The van der Waals surface area contributed by atoms with Gasteiger partial charge >= 0.3 is 6.09 Å². The number of rotatable bonds is 6. The molecule has 0 fully saturated rings. The Morgan fingerprint density at radius 3 is 2.68 bits per heavy atom. The van der Waals surface area contributed by atoms with Crippen molar-refractivity contribution in [2.45, 2.75) is 18.8 Å². The van der Waals surface area contributed by atoms with Gasteiger partial charge in [-0.1, -0.05) is 48.5 Å². The van der Waals surface area contributed by atoms with Crippen molar-refractivity contribution in [2.24, 2.45) is 0 Å². The topological polar surface area (TPSA) is 94.6 Å². The van der Waals surface area contributed by atoms with Gasteiger partial charge in [-0.25, -0.2) is 4.79 Å². The van der Waals surface area contributed by atoms with Gasteiger partial charge in [0.25, 0.3) is 0 Å². The van der Waals surface area contributed by atoms with E-state index in [9.17, 15) is 15.0 Å². The van der Waals surface area contributed by atoms with E-state index in [-0.39, 0.29) is 13.2 Å². The van der Waals surface area contributed by atoms with Gasteiger partial charge in [-0.3, -0.25) is 0 Å². The van der Waals surface area contributed by atoms with E-state index >= 15 is 0 Å². The molecule has 2 aromatic carbocycles. The number of para-hydroxylation sites is 1. The van der Waals surface area contributed by atoms with Crippen LogP contribution in [-0.4, -0.2) is 33.9 Å². The second-order valence-electron chi connectivity index (χ2n) is 5.74. The second-order valence-corrected chi connectivity index (χ2v) is 5.74. The van der Waals surface area contributed by atoms with E-state index in [0.717, 1.165) is 16.5 Å². The van der Waals surface area contributed by atoms with E-state index in [1.54, 1.807) is 12.3 Å². The van der Waals surface area contributed by atoms with Crippen LogP contribution < -0.4 is 5.32 Å². The third kappa shape index (κ3) is 4.17. The van der Waals surface area contributed by atoms with Crippen LogP contribution in [0.25, 0.3) is 10.9 Å². The minimum Gasteiger partial charge on any atom is -0.445 e. The molecule has 0 aliphatic carbocycles. The first-order valence-electron chi connectivity index (χ1n) is 8.02. The number of hydrogen-bond acceptors (Lipinski definition) is 4. The largest absolute Gasteiger partial charge is 0.445 e. The minimum atomic E-state index is -1.15. The number of aliphatic hydroxyl groups is 2. The van der Waals surface area contributed by atoms with Gasteiger partial charge in [0, 0.05) is 18.3 Å². The maximum Gasteiger partial charge on any atom is 0.407 e. The normalized spacial score (nSPS) is 13.4. The number of aromatic amines is 1. The SMILES string of the molecule is O=C(NCC(O)C(O)c1cccc2cc[nH]c12)OCc1ccccc1. The fraction of sp³-hybridized carbons (Fsp3) is 0.211. The van der Waals surface area contributed by atoms with Crippen molar-refractivity contribution < 1.29 is 19.7 Å². The zero-order valence-electron chi connectivity index (χ0n) is 13.6. The molecule has 2 atom stereocenters. The number of aromatic nitrogens is 1. The van der Waals surface area contributed by atoms with Gasteiger partial charge in [-0.05, 0) is 17.0 Å². The van der Waals surface area contributed by atoms with E-state index in [2.05, 4.69) is 10.3 Å². The standard InChI is InChI=1S/C19H20N2O4/c22-16(11-21-19(24)25-12-13-5-2-1-3-6-13)18(23)15-8-4-7-14-9-10-20-17(14)15/h1-10,16,18,20,22-23H,11-12H2,(H,21,24). The molecular formula is C19H20N2O4. The molecule has 0 aliphatic rings. The number of carbonyl (C=O) groups excluding carboxylic acids is 1. The Labute approximate surface area is 145 Å². The molecule has 3 aromatic rings. The fourth-order valence-electron chi connectivity index (χ4n) is 2.64. The highest BCUT2D eigenvalue weighted by molar-refractivity contribution is 5.82. The lowest BCUT2D eigenvalue weighted by Crippen LogP contribution is -2.35. The number of carbonyl (C=O) groups is 1. The Bertz CT molecular complexity index is 832. The van der Waals surface area contributed by atoms with E-state index in [1.165, 1.54) is 0 Å². The van der Waals surface area contributed by atoms with Crippen LogP contribution in [0.15, 0.2) is 60.8 Å². The summed E-state index contributed by atoms with van der Waals surface area (Å²) in [4.78, 5) is 14.8. The molecule has 1 amide bonds. The van der Waals surface area contributed by atoms with E-state index in [1.807, 2.05) is 48.5 Å². The summed E-state index contributed by atoms with van der Waals surface area (Å²) in [6.07, 6.45) is -1.16. The highest BCUT2D eigenvalue weighted by Crippen LogP contribution is 2.25. The van der Waals surface area contributed by atoms with Crippen molar-refractivity contribution in [3.05, 3.63) is 71.9 Å². The minimum absolute atomic E-state index is 0.119. The molecule has 1 aromatic heterocycles. The summed E-state index contributed by atoms with van der Waals surface area (Å²) >= 11 is 0. The summed E-state index contributed by atoms with van der Waals surface area (Å²) in [6.45, 7) is 0.0268. The molecule has 0 aliphatic heterocycles. The Hall–Kier alpha value is -2.83. The molecule has 3 rings (SSSR count). The number of H-pyrrole nitrogens is 1. The lowest BCUT2D eigenvalue weighted by Gasteiger charge is -2.19. The number of fused-ring (bicyclic) bond motifs is 1. The van der Waals surface area contributed by atoms with Crippen LogP contribution in [0, 0.1) is 0 Å². The molecule has 0 radical (unpaired) electrons. The quantitative estimate of drug-likeness (QED) is 0.554. The number of alkyl carbamates (subject to hydrolysis) is 1. The number of benzene rings is 2. The molecule has 0 saturated carbocycles. The number of aliphatic hydroxyl groups excluding tert-OH is 2. The van der Waals surface area contributed by atoms with Crippen molar-refractivity contribution in [3.63, 3.8) is 0 Å². The fourth-order valence-corrected chi connectivity index (χ4v) is 2.64. The molecule has 0 spiro atoms. The predicted molar refractivity (Wildman–Crippen MR) is 93.9 cm³/mol. The summed E-state index contributed by atoms with van der Waals surface area (Å²) in [5, 5.41) is 23.9. The Kier molecular flexibility index (Phi) is 5.33. The molecule has 0 bridgehead atoms. The number of amides is 1. The third-order valence-electron chi connectivity index (χ3n) is 3.97. The maximum absolute atomic E-state index is 11.7. The average molecular weight is 340 g/mol. The molecule has 2 unspecified atom stereocenters. The smallest absolute Gasteiger partial charge is 0.407 e.